The highest BCUT2D eigenvalue weighted by Crippen LogP contribution is 2.14. The molecule has 0 amide bonds. The highest BCUT2D eigenvalue weighted by molar-refractivity contribution is 7.09. The number of rotatable bonds is 4. The topological polar surface area (TPSA) is 63.0 Å². The lowest BCUT2D eigenvalue weighted by Crippen LogP contribution is -2.18. The first kappa shape index (κ1) is 11.7. The molecule has 0 saturated heterocycles. The van der Waals surface area contributed by atoms with E-state index in [0.29, 0.717) is 13.0 Å². The minimum absolute atomic E-state index is 0.300. The van der Waals surface area contributed by atoms with E-state index in [9.17, 15) is 4.79 Å². The fraction of sp³-hybridized carbons (Fsp3) is 0.500. The zero-order chi connectivity index (χ0) is 11.3. The molecule has 4 nitrogen and oxygen atoms in total. The molecule has 1 heterocycles. The molecule has 1 rings (SSSR count). The number of esters is 1. The number of hydrogen-bond acceptors (Lipinski definition) is 5. The van der Waals surface area contributed by atoms with Crippen LogP contribution in [0.1, 0.15) is 17.6 Å². The van der Waals surface area contributed by atoms with Gasteiger partial charge < -0.3 is 4.74 Å². The van der Waals surface area contributed by atoms with Crippen molar-refractivity contribution >= 4 is 17.3 Å². The van der Waals surface area contributed by atoms with Gasteiger partial charge in [-0.25, -0.2) is 4.98 Å². The molecular weight excluding hydrogens is 212 g/mol. The number of nitrogens with zero attached hydrogens (tertiary/aromatic N) is 2. The monoisotopic (exact) mass is 224 g/mol. The van der Waals surface area contributed by atoms with Gasteiger partial charge in [0.15, 0.2) is 0 Å². The summed E-state index contributed by atoms with van der Waals surface area (Å²) in [6.45, 7) is 3.90. The third-order valence-electron chi connectivity index (χ3n) is 1.77. The lowest BCUT2D eigenvalue weighted by atomic mass is 10.1. The Kier molecular flexibility index (Phi) is 4.25. The molecule has 0 aliphatic heterocycles. The molecule has 0 radical (unpaired) electrons. The Morgan fingerprint density at radius 3 is 3.00 bits per heavy atom. The molecule has 0 saturated carbocycles. The Morgan fingerprint density at radius 2 is 2.53 bits per heavy atom. The second kappa shape index (κ2) is 5.47. The van der Waals surface area contributed by atoms with Gasteiger partial charge in [0.1, 0.15) is 5.92 Å². The van der Waals surface area contributed by atoms with Gasteiger partial charge in [0.25, 0.3) is 0 Å². The zero-order valence-electron chi connectivity index (χ0n) is 8.69. The minimum atomic E-state index is -0.740. The number of thiazole rings is 1. The van der Waals surface area contributed by atoms with Gasteiger partial charge in [0.05, 0.1) is 17.7 Å². The minimum Gasteiger partial charge on any atom is -0.465 e. The van der Waals surface area contributed by atoms with Gasteiger partial charge in [-0.2, -0.15) is 5.26 Å². The molecule has 0 N–H and O–H groups in total. The number of aryl methyl sites for hydroxylation is 1. The number of carbonyl (C=O) groups excluding carboxylic acids is 1. The fourth-order valence-corrected chi connectivity index (χ4v) is 1.91. The molecule has 1 atom stereocenters. The molecule has 0 aromatic carbocycles. The molecule has 1 unspecified atom stereocenters. The molecule has 0 spiro atoms. The summed E-state index contributed by atoms with van der Waals surface area (Å²) >= 11 is 1.46. The Labute approximate surface area is 92.5 Å². The molecule has 80 valence electrons. The van der Waals surface area contributed by atoms with Crippen LogP contribution in [0.5, 0.6) is 0 Å². The summed E-state index contributed by atoms with van der Waals surface area (Å²) in [6, 6.07) is 1.94. The highest BCUT2D eigenvalue weighted by Gasteiger charge is 2.20. The third-order valence-corrected chi connectivity index (χ3v) is 2.76. The maximum atomic E-state index is 11.3. The Hall–Kier alpha value is -1.41. The molecule has 0 aliphatic rings. The van der Waals surface area contributed by atoms with Crippen molar-refractivity contribution in [2.75, 3.05) is 6.61 Å². The van der Waals surface area contributed by atoms with Crippen molar-refractivity contribution in [3.05, 3.63) is 16.1 Å². The molecule has 15 heavy (non-hydrogen) atoms. The maximum absolute atomic E-state index is 11.3. The number of aromatic nitrogens is 1. The van der Waals surface area contributed by atoms with Gasteiger partial charge >= 0.3 is 5.97 Å². The van der Waals surface area contributed by atoms with E-state index in [-0.39, 0.29) is 0 Å². The van der Waals surface area contributed by atoms with E-state index in [1.54, 1.807) is 6.92 Å². The molecule has 1 aromatic rings. The van der Waals surface area contributed by atoms with Crippen LogP contribution in [0.3, 0.4) is 0 Å². The van der Waals surface area contributed by atoms with Crippen molar-refractivity contribution in [1.82, 2.24) is 4.98 Å². The summed E-state index contributed by atoms with van der Waals surface area (Å²) in [7, 11) is 0. The van der Waals surface area contributed by atoms with Crippen LogP contribution in [0, 0.1) is 24.2 Å². The van der Waals surface area contributed by atoms with Gasteiger partial charge in [0.2, 0.25) is 0 Å². The number of hydrogen-bond donors (Lipinski definition) is 0. The van der Waals surface area contributed by atoms with Gasteiger partial charge in [-0.3, -0.25) is 4.79 Å². The maximum Gasteiger partial charge on any atom is 0.323 e. The summed E-state index contributed by atoms with van der Waals surface area (Å²) in [4.78, 5) is 15.5. The Balaban J connectivity index is 2.62. The summed E-state index contributed by atoms with van der Waals surface area (Å²) in [5.41, 5.74) is 0.913. The summed E-state index contributed by atoms with van der Waals surface area (Å²) in [6.07, 6.45) is 0.341. The van der Waals surface area contributed by atoms with Crippen LogP contribution in [0.25, 0.3) is 0 Å². The van der Waals surface area contributed by atoms with Crippen molar-refractivity contribution in [3.8, 4) is 6.07 Å². The summed E-state index contributed by atoms with van der Waals surface area (Å²) < 4.78 is 4.79. The van der Waals surface area contributed by atoms with E-state index in [1.165, 1.54) is 11.3 Å². The van der Waals surface area contributed by atoms with Crippen LogP contribution in [0.15, 0.2) is 5.38 Å². The summed E-state index contributed by atoms with van der Waals surface area (Å²) in [5.74, 6) is -1.21. The molecule has 1 aromatic heterocycles. The van der Waals surface area contributed by atoms with Crippen LogP contribution in [0.2, 0.25) is 0 Å². The van der Waals surface area contributed by atoms with Gasteiger partial charge in [0, 0.05) is 17.5 Å². The first-order valence-electron chi connectivity index (χ1n) is 4.64. The van der Waals surface area contributed by atoms with Crippen molar-refractivity contribution in [1.29, 1.82) is 5.26 Å². The molecule has 0 aliphatic carbocycles. The van der Waals surface area contributed by atoms with Gasteiger partial charge in [-0.15, -0.1) is 11.3 Å². The molecule has 0 bridgehead atoms. The smallest absolute Gasteiger partial charge is 0.323 e. The second-order valence-electron chi connectivity index (χ2n) is 3.02. The zero-order valence-corrected chi connectivity index (χ0v) is 9.50. The predicted molar refractivity (Wildman–Crippen MR) is 56.3 cm³/mol. The van der Waals surface area contributed by atoms with Crippen molar-refractivity contribution < 1.29 is 9.53 Å². The average molecular weight is 224 g/mol. The second-order valence-corrected chi connectivity index (χ2v) is 3.96. The van der Waals surface area contributed by atoms with Crippen molar-refractivity contribution in [3.63, 3.8) is 0 Å². The van der Waals surface area contributed by atoms with Gasteiger partial charge in [-0.1, -0.05) is 0 Å². The van der Waals surface area contributed by atoms with E-state index in [0.717, 1.165) is 10.7 Å². The Morgan fingerprint density at radius 1 is 1.80 bits per heavy atom. The SMILES string of the molecule is CCOC(=O)C(C#N)Cc1nc(C)cs1. The van der Waals surface area contributed by atoms with E-state index in [4.69, 9.17) is 10.00 Å². The molecule has 5 heteroatoms. The van der Waals surface area contributed by atoms with Crippen LogP contribution >= 0.6 is 11.3 Å². The lowest BCUT2D eigenvalue weighted by molar-refractivity contribution is -0.145. The van der Waals surface area contributed by atoms with E-state index >= 15 is 0 Å². The third kappa shape index (κ3) is 3.33. The fourth-order valence-electron chi connectivity index (χ4n) is 1.10. The van der Waals surface area contributed by atoms with Crippen LogP contribution < -0.4 is 0 Å². The molecule has 0 fully saturated rings. The van der Waals surface area contributed by atoms with Crippen molar-refractivity contribution in [2.24, 2.45) is 5.92 Å². The predicted octanol–water partition coefficient (Wildman–Crippen LogP) is 1.70. The standard InChI is InChI=1S/C10H12N2O2S/c1-3-14-10(13)8(5-11)4-9-12-7(2)6-15-9/h6,8H,3-4H2,1-2H3. The Bertz CT molecular complexity index is 381. The van der Waals surface area contributed by atoms with E-state index in [2.05, 4.69) is 4.98 Å². The number of nitriles is 1. The van der Waals surface area contributed by atoms with Crippen LogP contribution in [0.4, 0.5) is 0 Å². The average Bonchev–Trinajstić information content (AvgIpc) is 2.61. The largest absolute Gasteiger partial charge is 0.465 e. The first-order chi connectivity index (χ1) is 7.17. The van der Waals surface area contributed by atoms with Crippen LogP contribution in [-0.4, -0.2) is 17.6 Å². The first-order valence-corrected chi connectivity index (χ1v) is 5.52. The molecular formula is C10H12N2O2S. The van der Waals surface area contributed by atoms with Gasteiger partial charge in [-0.05, 0) is 13.8 Å². The number of carbonyl (C=O) groups is 1. The highest BCUT2D eigenvalue weighted by atomic mass is 32.1. The van der Waals surface area contributed by atoms with Crippen LogP contribution in [-0.2, 0) is 16.0 Å². The van der Waals surface area contributed by atoms with E-state index < -0.39 is 11.9 Å². The number of ether oxygens (including phenoxy) is 1. The lowest BCUT2D eigenvalue weighted by Gasteiger charge is -2.05. The quantitative estimate of drug-likeness (QED) is 0.730. The normalized spacial score (nSPS) is 11.8. The van der Waals surface area contributed by atoms with Crippen molar-refractivity contribution in [2.45, 2.75) is 20.3 Å². The summed E-state index contributed by atoms with van der Waals surface area (Å²) in [5, 5.41) is 11.5. The van der Waals surface area contributed by atoms with E-state index in [1.807, 2.05) is 18.4 Å².